The monoisotopic (exact) mass is 315 g/mol. The van der Waals surface area contributed by atoms with Crippen LogP contribution in [0.5, 0.6) is 5.75 Å². The van der Waals surface area contributed by atoms with Crippen LogP contribution in [0.3, 0.4) is 0 Å². The van der Waals surface area contributed by atoms with Crippen LogP contribution in [0.15, 0.2) is 23.1 Å². The van der Waals surface area contributed by atoms with Crippen molar-refractivity contribution in [2.45, 2.75) is 50.5 Å². The van der Waals surface area contributed by atoms with Crippen molar-refractivity contribution in [2.75, 3.05) is 6.61 Å². The van der Waals surface area contributed by atoms with E-state index in [1.54, 1.807) is 6.92 Å². The summed E-state index contributed by atoms with van der Waals surface area (Å²) in [6.07, 6.45) is 4.05. The Morgan fingerprint density at radius 1 is 1.33 bits per heavy atom. The van der Waals surface area contributed by atoms with E-state index in [1.807, 2.05) is 0 Å². The van der Waals surface area contributed by atoms with Crippen LogP contribution in [0.2, 0.25) is 0 Å². The lowest BCUT2D eigenvalue weighted by molar-refractivity contribution is 0.310. The van der Waals surface area contributed by atoms with Crippen LogP contribution in [-0.2, 0) is 10.0 Å². The minimum Gasteiger partial charge on any atom is -0.491 e. The number of halogens is 1. The van der Waals surface area contributed by atoms with Crippen molar-refractivity contribution >= 4 is 10.0 Å². The molecule has 1 N–H and O–H groups in total. The van der Waals surface area contributed by atoms with Crippen LogP contribution < -0.4 is 9.46 Å². The van der Waals surface area contributed by atoms with Gasteiger partial charge in [0.15, 0.2) is 11.6 Å². The summed E-state index contributed by atoms with van der Waals surface area (Å²) in [6, 6.07) is 3.59. The van der Waals surface area contributed by atoms with Crippen LogP contribution in [0.1, 0.15) is 39.5 Å². The van der Waals surface area contributed by atoms with Gasteiger partial charge < -0.3 is 4.74 Å². The van der Waals surface area contributed by atoms with Gasteiger partial charge in [-0.2, -0.15) is 0 Å². The second kappa shape index (κ2) is 6.75. The molecule has 1 saturated carbocycles. The number of sulfonamides is 1. The lowest BCUT2D eigenvalue weighted by Crippen LogP contribution is -2.40. The summed E-state index contributed by atoms with van der Waals surface area (Å²) in [5.41, 5.74) is 0. The molecule has 1 aromatic rings. The molecule has 1 fully saturated rings. The van der Waals surface area contributed by atoms with Gasteiger partial charge in [0.05, 0.1) is 11.5 Å². The van der Waals surface area contributed by atoms with Crippen LogP contribution in [0, 0.1) is 11.7 Å². The molecule has 0 bridgehead atoms. The van der Waals surface area contributed by atoms with Gasteiger partial charge in [-0.1, -0.05) is 19.8 Å². The van der Waals surface area contributed by atoms with Crippen molar-refractivity contribution in [3.63, 3.8) is 0 Å². The second-order valence-electron chi connectivity index (χ2n) is 5.51. The Bertz CT molecular complexity index is 589. The molecule has 4 nitrogen and oxygen atoms in total. The summed E-state index contributed by atoms with van der Waals surface area (Å²) in [6.45, 7) is 4.07. The summed E-state index contributed by atoms with van der Waals surface area (Å²) in [5.74, 6) is -0.265. The first-order valence-electron chi connectivity index (χ1n) is 7.38. The molecule has 0 radical (unpaired) electrons. The molecule has 1 aromatic carbocycles. The summed E-state index contributed by atoms with van der Waals surface area (Å²) in [4.78, 5) is 0.0464. The van der Waals surface area contributed by atoms with E-state index in [0.717, 1.165) is 31.7 Å². The lowest BCUT2D eigenvalue weighted by atomic mass is 9.87. The molecule has 21 heavy (non-hydrogen) atoms. The molecular weight excluding hydrogens is 293 g/mol. The zero-order valence-corrected chi connectivity index (χ0v) is 13.2. The number of nitrogens with one attached hydrogen (secondary N) is 1. The molecule has 0 spiro atoms. The van der Waals surface area contributed by atoms with E-state index < -0.39 is 15.8 Å². The molecule has 6 heteroatoms. The van der Waals surface area contributed by atoms with E-state index in [0.29, 0.717) is 5.92 Å². The first-order chi connectivity index (χ1) is 9.94. The summed E-state index contributed by atoms with van der Waals surface area (Å²) >= 11 is 0. The minimum atomic E-state index is -3.65. The normalized spacial score (nSPS) is 23.0. The molecule has 0 aliphatic heterocycles. The van der Waals surface area contributed by atoms with E-state index in [-0.39, 0.29) is 23.3 Å². The maximum Gasteiger partial charge on any atom is 0.240 e. The van der Waals surface area contributed by atoms with Gasteiger partial charge in [0.1, 0.15) is 0 Å². The van der Waals surface area contributed by atoms with Crippen molar-refractivity contribution in [1.29, 1.82) is 0 Å². The number of ether oxygens (including phenoxy) is 1. The van der Waals surface area contributed by atoms with Crippen molar-refractivity contribution in [3.05, 3.63) is 24.0 Å². The average Bonchev–Trinajstić information content (AvgIpc) is 2.44. The maximum atomic E-state index is 13.5. The molecule has 0 heterocycles. The third-order valence-electron chi connectivity index (χ3n) is 3.93. The Morgan fingerprint density at radius 3 is 2.71 bits per heavy atom. The van der Waals surface area contributed by atoms with E-state index in [1.165, 1.54) is 12.1 Å². The Balaban J connectivity index is 2.20. The fourth-order valence-electron chi connectivity index (χ4n) is 2.68. The number of benzene rings is 1. The zero-order chi connectivity index (χ0) is 15.5. The molecule has 0 aromatic heterocycles. The van der Waals surface area contributed by atoms with Crippen molar-refractivity contribution < 1.29 is 17.5 Å². The van der Waals surface area contributed by atoms with Crippen LogP contribution in [0.25, 0.3) is 0 Å². The van der Waals surface area contributed by atoms with E-state index in [4.69, 9.17) is 4.74 Å². The minimum absolute atomic E-state index is 0.0305. The van der Waals surface area contributed by atoms with E-state index in [2.05, 4.69) is 11.6 Å². The molecule has 0 unspecified atom stereocenters. The van der Waals surface area contributed by atoms with Gasteiger partial charge in [-0.05, 0) is 37.8 Å². The molecular formula is C15H22FNO3S. The molecule has 1 aliphatic carbocycles. The van der Waals surface area contributed by atoms with Crippen LogP contribution in [-0.4, -0.2) is 21.1 Å². The smallest absolute Gasteiger partial charge is 0.240 e. The standard InChI is InChI=1S/C15H22FNO3S/c1-3-20-15-10-12(8-9-13(15)16)21(18,19)17-14-7-5-4-6-11(14)2/h8-11,14,17H,3-7H2,1-2H3/t11-,14+/m0/s1. The number of hydrogen-bond acceptors (Lipinski definition) is 3. The summed E-state index contributed by atoms with van der Waals surface area (Å²) in [5, 5.41) is 0. The Labute approximate surface area is 125 Å². The topological polar surface area (TPSA) is 55.4 Å². The predicted octanol–water partition coefficient (Wildman–Crippen LogP) is 3.08. The largest absolute Gasteiger partial charge is 0.491 e. The fourth-order valence-corrected chi connectivity index (χ4v) is 4.07. The van der Waals surface area contributed by atoms with Gasteiger partial charge in [0, 0.05) is 12.1 Å². The summed E-state index contributed by atoms with van der Waals surface area (Å²) < 4.78 is 46.2. The Kier molecular flexibility index (Phi) is 5.22. The third-order valence-corrected chi connectivity index (χ3v) is 5.42. The predicted molar refractivity (Wildman–Crippen MR) is 79.3 cm³/mol. The van der Waals surface area contributed by atoms with Gasteiger partial charge in [0.25, 0.3) is 0 Å². The van der Waals surface area contributed by atoms with E-state index in [9.17, 15) is 12.8 Å². The molecule has 2 atom stereocenters. The van der Waals surface area contributed by atoms with Gasteiger partial charge in [0.2, 0.25) is 10.0 Å². The fraction of sp³-hybridized carbons (Fsp3) is 0.600. The first kappa shape index (κ1) is 16.2. The SMILES string of the molecule is CCOc1cc(S(=O)(=O)N[C@@H]2CCCC[C@@H]2C)ccc1F. The maximum absolute atomic E-state index is 13.5. The van der Waals surface area contributed by atoms with Gasteiger partial charge in [-0.15, -0.1) is 0 Å². The Morgan fingerprint density at radius 2 is 2.05 bits per heavy atom. The number of rotatable bonds is 5. The highest BCUT2D eigenvalue weighted by atomic mass is 32.2. The molecule has 118 valence electrons. The highest BCUT2D eigenvalue weighted by Gasteiger charge is 2.27. The summed E-state index contributed by atoms with van der Waals surface area (Å²) in [7, 11) is -3.65. The number of hydrogen-bond donors (Lipinski definition) is 1. The highest BCUT2D eigenvalue weighted by molar-refractivity contribution is 7.89. The zero-order valence-electron chi connectivity index (χ0n) is 12.4. The molecule has 0 amide bonds. The van der Waals surface area contributed by atoms with E-state index >= 15 is 0 Å². The van der Waals surface area contributed by atoms with Crippen molar-refractivity contribution in [3.8, 4) is 5.75 Å². The average molecular weight is 315 g/mol. The Hall–Kier alpha value is -1.14. The van der Waals surface area contributed by atoms with Gasteiger partial charge in [-0.25, -0.2) is 17.5 Å². The molecule has 1 aliphatic rings. The van der Waals surface area contributed by atoms with Crippen molar-refractivity contribution in [2.24, 2.45) is 5.92 Å². The molecule has 2 rings (SSSR count). The van der Waals surface area contributed by atoms with Gasteiger partial charge >= 0.3 is 0 Å². The van der Waals surface area contributed by atoms with Crippen LogP contribution >= 0.6 is 0 Å². The second-order valence-corrected chi connectivity index (χ2v) is 7.23. The third kappa shape index (κ3) is 3.95. The van der Waals surface area contributed by atoms with Crippen molar-refractivity contribution in [1.82, 2.24) is 4.72 Å². The quantitative estimate of drug-likeness (QED) is 0.908. The molecule has 0 saturated heterocycles. The lowest BCUT2D eigenvalue weighted by Gasteiger charge is -2.29. The van der Waals surface area contributed by atoms with Crippen LogP contribution in [0.4, 0.5) is 4.39 Å². The highest BCUT2D eigenvalue weighted by Crippen LogP contribution is 2.27. The van der Waals surface area contributed by atoms with Gasteiger partial charge in [-0.3, -0.25) is 0 Å². The first-order valence-corrected chi connectivity index (χ1v) is 8.87.